The van der Waals surface area contributed by atoms with Crippen LogP contribution in [0.1, 0.15) is 17.5 Å². The van der Waals surface area contributed by atoms with E-state index in [2.05, 4.69) is 37.1 Å². The minimum absolute atomic E-state index is 0.166. The van der Waals surface area contributed by atoms with Crippen LogP contribution in [-0.4, -0.2) is 55.0 Å². The molecule has 1 aliphatic rings. The van der Waals surface area contributed by atoms with E-state index in [1.807, 2.05) is 11.0 Å². The summed E-state index contributed by atoms with van der Waals surface area (Å²) in [6.45, 7) is 5.24. The monoisotopic (exact) mass is 275 g/mol. The van der Waals surface area contributed by atoms with Gasteiger partial charge in [0, 0.05) is 32.6 Å². The third kappa shape index (κ3) is 3.81. The van der Waals surface area contributed by atoms with Crippen molar-refractivity contribution in [2.45, 2.75) is 25.8 Å². The lowest BCUT2D eigenvalue weighted by molar-refractivity contribution is -0.135. The third-order valence-electron chi connectivity index (χ3n) is 3.99. The Labute approximate surface area is 121 Å². The molecule has 4 nitrogen and oxygen atoms in total. The maximum Gasteiger partial charge on any atom is 0.223 e. The molecule has 2 rings (SSSR count). The largest absolute Gasteiger partial charge is 0.336 e. The van der Waals surface area contributed by atoms with Crippen molar-refractivity contribution in [3.05, 3.63) is 35.4 Å². The average molecular weight is 275 g/mol. The quantitative estimate of drug-likeness (QED) is 0.893. The van der Waals surface area contributed by atoms with Gasteiger partial charge in [0.2, 0.25) is 5.91 Å². The number of carbonyl (C=O) groups excluding carboxylic acids is 1. The Hall–Kier alpha value is -1.39. The van der Waals surface area contributed by atoms with Gasteiger partial charge >= 0.3 is 0 Å². The van der Waals surface area contributed by atoms with Crippen LogP contribution in [0.3, 0.4) is 0 Å². The van der Waals surface area contributed by atoms with Gasteiger partial charge in [0.05, 0.1) is 6.04 Å². The van der Waals surface area contributed by atoms with Crippen LogP contribution < -0.4 is 5.73 Å². The lowest BCUT2D eigenvalue weighted by atomic mass is 10.1. The number of carbonyl (C=O) groups is 1. The van der Waals surface area contributed by atoms with Crippen LogP contribution >= 0.6 is 0 Å². The van der Waals surface area contributed by atoms with Crippen molar-refractivity contribution in [2.75, 3.05) is 33.2 Å². The first-order valence-electron chi connectivity index (χ1n) is 7.34. The zero-order chi connectivity index (χ0) is 14.5. The minimum atomic E-state index is 0.166. The van der Waals surface area contributed by atoms with Gasteiger partial charge in [-0.15, -0.1) is 0 Å². The van der Waals surface area contributed by atoms with Gasteiger partial charge < -0.3 is 15.5 Å². The topological polar surface area (TPSA) is 49.6 Å². The number of rotatable bonds is 4. The van der Waals surface area contributed by atoms with Gasteiger partial charge in [-0.3, -0.25) is 4.79 Å². The molecule has 0 saturated carbocycles. The fourth-order valence-electron chi connectivity index (χ4n) is 2.80. The van der Waals surface area contributed by atoms with Crippen molar-refractivity contribution in [1.29, 1.82) is 0 Å². The Morgan fingerprint density at radius 2 is 2.20 bits per heavy atom. The summed E-state index contributed by atoms with van der Waals surface area (Å²) in [5, 5.41) is 0. The maximum atomic E-state index is 12.4. The summed E-state index contributed by atoms with van der Waals surface area (Å²) in [6, 6.07) is 8.53. The van der Waals surface area contributed by atoms with Crippen molar-refractivity contribution >= 4 is 5.91 Å². The van der Waals surface area contributed by atoms with Crippen molar-refractivity contribution in [3.8, 4) is 0 Å². The molecule has 20 heavy (non-hydrogen) atoms. The first-order valence-corrected chi connectivity index (χ1v) is 7.34. The first kappa shape index (κ1) is 15.0. The van der Waals surface area contributed by atoms with Gasteiger partial charge in [-0.1, -0.05) is 29.8 Å². The molecule has 0 radical (unpaired) electrons. The van der Waals surface area contributed by atoms with Gasteiger partial charge in [0.15, 0.2) is 0 Å². The first-order chi connectivity index (χ1) is 9.60. The highest BCUT2D eigenvalue weighted by Gasteiger charge is 2.27. The number of aryl methyl sites for hydroxylation is 2. The summed E-state index contributed by atoms with van der Waals surface area (Å²) in [5.41, 5.74) is 8.28. The van der Waals surface area contributed by atoms with Gasteiger partial charge in [0.25, 0.3) is 0 Å². The maximum absolute atomic E-state index is 12.4. The predicted octanol–water partition coefficient (Wildman–Crippen LogP) is 1.03. The van der Waals surface area contributed by atoms with Crippen molar-refractivity contribution < 1.29 is 4.79 Å². The number of benzene rings is 1. The Morgan fingerprint density at radius 1 is 1.40 bits per heavy atom. The molecule has 1 aromatic rings. The highest BCUT2D eigenvalue weighted by atomic mass is 16.2. The molecule has 0 spiro atoms. The molecule has 4 heteroatoms. The van der Waals surface area contributed by atoms with Gasteiger partial charge in [-0.2, -0.15) is 0 Å². The average Bonchev–Trinajstić information content (AvgIpc) is 2.44. The smallest absolute Gasteiger partial charge is 0.223 e. The van der Waals surface area contributed by atoms with Crippen LogP contribution in [0, 0.1) is 6.92 Å². The second kappa shape index (κ2) is 6.86. The molecule has 0 bridgehead atoms. The fraction of sp³-hybridized carbons (Fsp3) is 0.562. The molecule has 0 aliphatic carbocycles. The number of nitrogens with zero attached hydrogens (tertiary/aromatic N) is 2. The number of hydrogen-bond donors (Lipinski definition) is 1. The molecule has 1 aromatic carbocycles. The van der Waals surface area contributed by atoms with Crippen LogP contribution in [0.2, 0.25) is 0 Å². The second-order valence-electron chi connectivity index (χ2n) is 5.73. The zero-order valence-electron chi connectivity index (χ0n) is 12.5. The van der Waals surface area contributed by atoms with E-state index in [-0.39, 0.29) is 11.9 Å². The SMILES string of the molecule is Cc1cccc(CCC(=O)N2CCN(C)CC2CN)c1. The Morgan fingerprint density at radius 3 is 2.90 bits per heavy atom. The number of amides is 1. The fourth-order valence-corrected chi connectivity index (χ4v) is 2.80. The van der Waals surface area contributed by atoms with E-state index in [0.29, 0.717) is 13.0 Å². The Balaban J connectivity index is 1.91. The summed E-state index contributed by atoms with van der Waals surface area (Å²) in [7, 11) is 2.08. The molecule has 1 aliphatic heterocycles. The van der Waals surface area contributed by atoms with Crippen LogP contribution in [-0.2, 0) is 11.2 Å². The molecule has 1 fully saturated rings. The van der Waals surface area contributed by atoms with Crippen LogP contribution in [0.25, 0.3) is 0 Å². The van der Waals surface area contributed by atoms with Crippen molar-refractivity contribution in [1.82, 2.24) is 9.80 Å². The number of nitrogens with two attached hydrogens (primary N) is 1. The van der Waals surface area contributed by atoms with E-state index in [4.69, 9.17) is 5.73 Å². The molecular formula is C16H25N3O. The summed E-state index contributed by atoms with van der Waals surface area (Å²) >= 11 is 0. The lowest BCUT2D eigenvalue weighted by Crippen LogP contribution is -2.56. The van der Waals surface area contributed by atoms with Gasteiger partial charge in [-0.25, -0.2) is 0 Å². The summed E-state index contributed by atoms with van der Waals surface area (Å²) < 4.78 is 0. The molecule has 1 heterocycles. The van der Waals surface area contributed by atoms with Crippen LogP contribution in [0.15, 0.2) is 24.3 Å². The highest BCUT2D eigenvalue weighted by molar-refractivity contribution is 5.77. The molecule has 110 valence electrons. The second-order valence-corrected chi connectivity index (χ2v) is 5.73. The molecule has 1 unspecified atom stereocenters. The van der Waals surface area contributed by atoms with Crippen molar-refractivity contribution in [2.24, 2.45) is 5.73 Å². The minimum Gasteiger partial charge on any atom is -0.336 e. The molecule has 1 saturated heterocycles. The molecule has 1 amide bonds. The molecule has 0 aromatic heterocycles. The van der Waals surface area contributed by atoms with E-state index >= 15 is 0 Å². The Bertz CT molecular complexity index is 461. The Kier molecular flexibility index (Phi) is 5.15. The highest BCUT2D eigenvalue weighted by Crippen LogP contribution is 2.12. The summed E-state index contributed by atoms with van der Waals surface area (Å²) in [6.07, 6.45) is 1.38. The zero-order valence-corrected chi connectivity index (χ0v) is 12.5. The van der Waals surface area contributed by atoms with E-state index in [9.17, 15) is 4.79 Å². The number of piperazine rings is 1. The molecular weight excluding hydrogens is 250 g/mol. The normalized spacial score (nSPS) is 20.1. The van der Waals surface area contributed by atoms with Crippen molar-refractivity contribution in [3.63, 3.8) is 0 Å². The molecule has 2 N–H and O–H groups in total. The van der Waals surface area contributed by atoms with E-state index in [1.165, 1.54) is 11.1 Å². The van der Waals surface area contributed by atoms with E-state index in [1.54, 1.807) is 0 Å². The number of hydrogen-bond acceptors (Lipinski definition) is 3. The predicted molar refractivity (Wildman–Crippen MR) is 81.6 cm³/mol. The van der Waals surface area contributed by atoms with E-state index in [0.717, 1.165) is 26.1 Å². The standard InChI is InChI=1S/C16H25N3O/c1-13-4-3-5-14(10-13)6-7-16(20)19-9-8-18(2)12-15(19)11-17/h3-5,10,15H,6-9,11-12,17H2,1-2H3. The number of likely N-dealkylation sites (N-methyl/N-ethyl adjacent to an activating group) is 1. The molecule has 1 atom stereocenters. The summed E-state index contributed by atoms with van der Waals surface area (Å²) in [5.74, 6) is 0.232. The lowest BCUT2D eigenvalue weighted by Gasteiger charge is -2.39. The van der Waals surface area contributed by atoms with Crippen LogP contribution in [0.5, 0.6) is 0 Å². The van der Waals surface area contributed by atoms with Crippen LogP contribution in [0.4, 0.5) is 0 Å². The summed E-state index contributed by atoms with van der Waals surface area (Å²) in [4.78, 5) is 16.6. The van der Waals surface area contributed by atoms with E-state index < -0.39 is 0 Å². The third-order valence-corrected chi connectivity index (χ3v) is 3.99. The van der Waals surface area contributed by atoms with Gasteiger partial charge in [0.1, 0.15) is 0 Å². The van der Waals surface area contributed by atoms with Gasteiger partial charge in [-0.05, 0) is 26.0 Å².